The van der Waals surface area contributed by atoms with Crippen molar-refractivity contribution in [2.24, 2.45) is 5.73 Å². The molecule has 2 aromatic rings. The van der Waals surface area contributed by atoms with E-state index in [9.17, 15) is 4.79 Å². The number of ether oxygens (including phenoxy) is 2. The van der Waals surface area contributed by atoms with Crippen LogP contribution in [0.5, 0.6) is 11.5 Å². The fourth-order valence-electron chi connectivity index (χ4n) is 2.48. The van der Waals surface area contributed by atoms with Crippen LogP contribution in [-0.2, 0) is 17.8 Å². The molecular weight excluding hydrogens is 328 g/mol. The topological polar surface area (TPSA) is 73.6 Å². The summed E-state index contributed by atoms with van der Waals surface area (Å²) in [6.07, 6.45) is 0.522. The van der Waals surface area contributed by atoms with E-state index in [-0.39, 0.29) is 18.3 Å². The van der Waals surface area contributed by atoms with Crippen molar-refractivity contribution in [2.75, 3.05) is 13.2 Å². The predicted molar refractivity (Wildman–Crippen MR) is 94.6 cm³/mol. The quantitative estimate of drug-likeness (QED) is 0.867. The Morgan fingerprint density at radius 2 is 1.75 bits per heavy atom. The number of carbonyl (C=O) groups excluding carboxylic acids is 1. The molecule has 0 saturated carbocycles. The molecule has 0 unspecified atom stereocenters. The van der Waals surface area contributed by atoms with Gasteiger partial charge in [-0.3, -0.25) is 4.79 Å². The molecule has 0 aliphatic carbocycles. The zero-order valence-corrected chi connectivity index (χ0v) is 14.1. The van der Waals surface area contributed by atoms with Gasteiger partial charge < -0.3 is 20.5 Å². The van der Waals surface area contributed by atoms with Gasteiger partial charge in [-0.15, -0.1) is 12.4 Å². The number of nitrogens with one attached hydrogen (secondary N) is 1. The van der Waals surface area contributed by atoms with Crippen LogP contribution in [0.2, 0.25) is 0 Å². The van der Waals surface area contributed by atoms with Crippen molar-refractivity contribution in [3.63, 3.8) is 0 Å². The van der Waals surface area contributed by atoms with Gasteiger partial charge in [-0.2, -0.15) is 0 Å². The third-order valence-electron chi connectivity index (χ3n) is 3.71. The lowest BCUT2D eigenvalue weighted by atomic mass is 10.1. The largest absolute Gasteiger partial charge is 0.486 e. The van der Waals surface area contributed by atoms with E-state index in [1.807, 2.05) is 48.5 Å². The molecule has 0 fully saturated rings. The van der Waals surface area contributed by atoms with Gasteiger partial charge in [-0.25, -0.2) is 0 Å². The smallest absolute Gasteiger partial charge is 0.237 e. The van der Waals surface area contributed by atoms with Crippen LogP contribution in [0.4, 0.5) is 0 Å². The SMILES string of the molecule is Cl.N[C@@H](Cc1ccccc1)C(=O)NCc1ccc2c(c1)OCCO2. The van der Waals surface area contributed by atoms with Gasteiger partial charge in [0, 0.05) is 6.54 Å². The molecule has 1 atom stereocenters. The average Bonchev–Trinajstić information content (AvgIpc) is 2.60. The van der Waals surface area contributed by atoms with Crippen molar-refractivity contribution in [1.29, 1.82) is 0 Å². The van der Waals surface area contributed by atoms with Crippen molar-refractivity contribution in [3.8, 4) is 11.5 Å². The van der Waals surface area contributed by atoms with Crippen LogP contribution in [-0.4, -0.2) is 25.2 Å². The van der Waals surface area contributed by atoms with E-state index in [1.165, 1.54) is 0 Å². The number of hydrogen-bond acceptors (Lipinski definition) is 4. The Kier molecular flexibility index (Phi) is 6.46. The normalized spacial score (nSPS) is 13.5. The van der Waals surface area contributed by atoms with Crippen LogP contribution in [0.1, 0.15) is 11.1 Å². The van der Waals surface area contributed by atoms with Crippen molar-refractivity contribution in [3.05, 3.63) is 59.7 Å². The Bertz CT molecular complexity index is 679. The summed E-state index contributed by atoms with van der Waals surface area (Å²) in [6, 6.07) is 14.9. The van der Waals surface area contributed by atoms with Crippen molar-refractivity contribution in [2.45, 2.75) is 19.0 Å². The molecule has 0 aromatic heterocycles. The number of benzene rings is 2. The second kappa shape index (κ2) is 8.57. The molecule has 1 aliphatic heterocycles. The third-order valence-corrected chi connectivity index (χ3v) is 3.71. The van der Waals surface area contributed by atoms with E-state index < -0.39 is 6.04 Å². The van der Waals surface area contributed by atoms with Crippen LogP contribution in [0.15, 0.2) is 48.5 Å². The first-order chi connectivity index (χ1) is 11.2. The molecule has 0 spiro atoms. The maximum Gasteiger partial charge on any atom is 0.237 e. The molecule has 128 valence electrons. The fourth-order valence-corrected chi connectivity index (χ4v) is 2.48. The third kappa shape index (κ3) is 4.63. The van der Waals surface area contributed by atoms with Gasteiger partial charge in [0.05, 0.1) is 6.04 Å². The van der Waals surface area contributed by atoms with Gasteiger partial charge >= 0.3 is 0 Å². The summed E-state index contributed by atoms with van der Waals surface area (Å²) in [5, 5.41) is 2.87. The van der Waals surface area contributed by atoms with Gasteiger partial charge in [0.15, 0.2) is 11.5 Å². The second-order valence-corrected chi connectivity index (χ2v) is 5.49. The highest BCUT2D eigenvalue weighted by Crippen LogP contribution is 2.30. The molecule has 1 aliphatic rings. The molecule has 0 radical (unpaired) electrons. The Morgan fingerprint density at radius 3 is 2.50 bits per heavy atom. The first-order valence-corrected chi connectivity index (χ1v) is 7.68. The number of nitrogens with two attached hydrogens (primary N) is 1. The minimum absolute atomic E-state index is 0. The first kappa shape index (κ1) is 18.1. The Labute approximate surface area is 147 Å². The van der Waals surface area contributed by atoms with E-state index in [2.05, 4.69) is 5.32 Å². The van der Waals surface area contributed by atoms with Crippen molar-refractivity contribution in [1.82, 2.24) is 5.32 Å². The molecular formula is C18H21ClN2O3. The summed E-state index contributed by atoms with van der Waals surface area (Å²) >= 11 is 0. The highest BCUT2D eigenvalue weighted by atomic mass is 35.5. The van der Waals surface area contributed by atoms with E-state index in [0.717, 1.165) is 22.6 Å². The van der Waals surface area contributed by atoms with E-state index in [1.54, 1.807) is 0 Å². The zero-order chi connectivity index (χ0) is 16.1. The summed E-state index contributed by atoms with van der Waals surface area (Å²) in [5.41, 5.74) is 7.97. The standard InChI is InChI=1S/C18H20N2O3.ClH/c19-15(10-13-4-2-1-3-5-13)18(21)20-12-14-6-7-16-17(11-14)23-9-8-22-16;/h1-7,11,15H,8-10,12,19H2,(H,20,21);1H/t15-;/m0./s1. The number of fused-ring (bicyclic) bond motifs is 1. The zero-order valence-electron chi connectivity index (χ0n) is 13.2. The maximum absolute atomic E-state index is 12.1. The second-order valence-electron chi connectivity index (χ2n) is 5.49. The molecule has 5 nitrogen and oxygen atoms in total. The van der Waals surface area contributed by atoms with Gasteiger partial charge in [0.25, 0.3) is 0 Å². The van der Waals surface area contributed by atoms with Crippen molar-refractivity contribution >= 4 is 18.3 Å². The van der Waals surface area contributed by atoms with E-state index in [4.69, 9.17) is 15.2 Å². The summed E-state index contributed by atoms with van der Waals surface area (Å²) < 4.78 is 11.0. The lowest BCUT2D eigenvalue weighted by molar-refractivity contribution is -0.122. The maximum atomic E-state index is 12.1. The first-order valence-electron chi connectivity index (χ1n) is 7.68. The van der Waals surface area contributed by atoms with Crippen LogP contribution in [0, 0.1) is 0 Å². The minimum atomic E-state index is -0.561. The molecule has 0 saturated heterocycles. The monoisotopic (exact) mass is 348 g/mol. The number of rotatable bonds is 5. The molecule has 24 heavy (non-hydrogen) atoms. The molecule has 3 rings (SSSR count). The van der Waals surface area contributed by atoms with Crippen LogP contribution < -0.4 is 20.5 Å². The Balaban J connectivity index is 0.00000208. The molecule has 1 heterocycles. The number of amides is 1. The molecule has 2 aromatic carbocycles. The average molecular weight is 349 g/mol. The number of halogens is 1. The van der Waals surface area contributed by atoms with E-state index >= 15 is 0 Å². The highest BCUT2D eigenvalue weighted by Gasteiger charge is 2.15. The van der Waals surface area contributed by atoms with E-state index in [0.29, 0.717) is 26.2 Å². The fraction of sp³-hybridized carbons (Fsp3) is 0.278. The van der Waals surface area contributed by atoms with Crippen molar-refractivity contribution < 1.29 is 14.3 Å². The Hall–Kier alpha value is -2.24. The number of carbonyl (C=O) groups is 1. The lowest BCUT2D eigenvalue weighted by Crippen LogP contribution is -2.41. The summed E-state index contributed by atoms with van der Waals surface area (Å²) in [4.78, 5) is 12.1. The van der Waals surface area contributed by atoms with Gasteiger partial charge in [0.1, 0.15) is 13.2 Å². The molecule has 3 N–H and O–H groups in total. The predicted octanol–water partition coefficient (Wildman–Crippen LogP) is 2.07. The molecule has 0 bridgehead atoms. The highest BCUT2D eigenvalue weighted by molar-refractivity contribution is 5.85. The molecule has 6 heteroatoms. The molecule has 1 amide bonds. The summed E-state index contributed by atoms with van der Waals surface area (Å²) in [7, 11) is 0. The Morgan fingerprint density at radius 1 is 1.04 bits per heavy atom. The van der Waals surface area contributed by atoms with Crippen LogP contribution in [0.25, 0.3) is 0 Å². The van der Waals surface area contributed by atoms with Crippen LogP contribution in [0.3, 0.4) is 0 Å². The minimum Gasteiger partial charge on any atom is -0.486 e. The summed E-state index contributed by atoms with van der Waals surface area (Å²) in [5.74, 6) is 1.30. The number of hydrogen-bond donors (Lipinski definition) is 2. The summed E-state index contributed by atoms with van der Waals surface area (Å²) in [6.45, 7) is 1.53. The van der Waals surface area contributed by atoms with Gasteiger partial charge in [-0.1, -0.05) is 36.4 Å². The van der Waals surface area contributed by atoms with Crippen LogP contribution >= 0.6 is 12.4 Å². The van der Waals surface area contributed by atoms with Gasteiger partial charge in [0.2, 0.25) is 5.91 Å². The lowest BCUT2D eigenvalue weighted by Gasteiger charge is -2.19. The van der Waals surface area contributed by atoms with Gasteiger partial charge in [-0.05, 0) is 29.7 Å².